The summed E-state index contributed by atoms with van der Waals surface area (Å²) in [5.74, 6) is -3.62. The van der Waals surface area contributed by atoms with E-state index in [1.54, 1.807) is 0 Å². The van der Waals surface area contributed by atoms with E-state index >= 15 is 0 Å². The Bertz CT molecular complexity index is 1160. The Morgan fingerprint density at radius 2 is 1.94 bits per heavy atom. The van der Waals surface area contributed by atoms with Gasteiger partial charge in [0.05, 0.1) is 21.9 Å². The molecule has 1 atom stereocenters. The largest absolute Gasteiger partial charge is 0.481 e. The third-order valence-electron chi connectivity index (χ3n) is 4.24. The SMILES string of the molecule is O=C(O)C[C@H](C(=O)O)N1C(=O)/C(=C/c2ccc(-c3ccc(Cl)c(C(F)(F)F)c3)o2)SC1=S. The summed E-state index contributed by atoms with van der Waals surface area (Å²) in [5, 5.41) is 17.7. The quantitative estimate of drug-likeness (QED) is 0.428. The lowest BCUT2D eigenvalue weighted by atomic mass is 10.1. The first kappa shape index (κ1) is 23.8. The normalized spacial score (nSPS) is 16.6. The molecule has 1 aliphatic rings. The number of benzene rings is 1. The predicted molar refractivity (Wildman–Crippen MR) is 113 cm³/mol. The van der Waals surface area contributed by atoms with Gasteiger partial charge in [0, 0.05) is 11.6 Å². The number of hydrogen-bond donors (Lipinski definition) is 2. The molecule has 1 aliphatic heterocycles. The van der Waals surface area contributed by atoms with Gasteiger partial charge in [-0.2, -0.15) is 13.2 Å². The highest BCUT2D eigenvalue weighted by Crippen LogP contribution is 2.38. The minimum atomic E-state index is -4.66. The molecular formula is C19H11ClF3NO6S2. The minimum absolute atomic E-state index is 0.0281. The van der Waals surface area contributed by atoms with Gasteiger partial charge in [-0.05, 0) is 30.3 Å². The summed E-state index contributed by atoms with van der Waals surface area (Å²) in [7, 11) is 0. The lowest BCUT2D eigenvalue weighted by Crippen LogP contribution is -2.45. The molecule has 0 spiro atoms. The van der Waals surface area contributed by atoms with E-state index in [4.69, 9.17) is 33.3 Å². The van der Waals surface area contributed by atoms with Crippen LogP contribution in [-0.4, -0.2) is 43.3 Å². The van der Waals surface area contributed by atoms with Crippen molar-refractivity contribution in [1.82, 2.24) is 4.90 Å². The maximum Gasteiger partial charge on any atom is 0.417 e. The summed E-state index contributed by atoms with van der Waals surface area (Å²) in [6, 6.07) is 4.35. The molecule has 0 unspecified atom stereocenters. The smallest absolute Gasteiger partial charge is 0.417 e. The summed E-state index contributed by atoms with van der Waals surface area (Å²) in [6.07, 6.45) is -4.27. The predicted octanol–water partition coefficient (Wildman–Crippen LogP) is 4.75. The van der Waals surface area contributed by atoms with Gasteiger partial charge in [-0.3, -0.25) is 14.5 Å². The van der Waals surface area contributed by atoms with Crippen molar-refractivity contribution in [2.24, 2.45) is 0 Å². The zero-order valence-electron chi connectivity index (χ0n) is 15.6. The van der Waals surface area contributed by atoms with Crippen LogP contribution in [0.5, 0.6) is 0 Å². The Morgan fingerprint density at radius 3 is 2.53 bits per heavy atom. The molecule has 2 heterocycles. The van der Waals surface area contributed by atoms with Crippen LogP contribution in [0.4, 0.5) is 13.2 Å². The number of rotatable bonds is 6. The fourth-order valence-electron chi connectivity index (χ4n) is 2.81. The minimum Gasteiger partial charge on any atom is -0.481 e. The van der Waals surface area contributed by atoms with Crippen LogP contribution in [0.15, 0.2) is 39.7 Å². The first-order valence-electron chi connectivity index (χ1n) is 8.57. The molecule has 1 aromatic heterocycles. The molecule has 2 N–H and O–H groups in total. The molecule has 1 aromatic carbocycles. The molecule has 2 aromatic rings. The monoisotopic (exact) mass is 505 g/mol. The average Bonchev–Trinajstić information content (AvgIpc) is 3.24. The highest BCUT2D eigenvalue weighted by Gasteiger charge is 2.41. The van der Waals surface area contributed by atoms with Crippen molar-refractivity contribution in [1.29, 1.82) is 0 Å². The highest BCUT2D eigenvalue weighted by molar-refractivity contribution is 8.26. The zero-order valence-corrected chi connectivity index (χ0v) is 17.9. The molecule has 1 saturated heterocycles. The van der Waals surface area contributed by atoms with Crippen molar-refractivity contribution in [3.8, 4) is 11.3 Å². The third kappa shape index (κ3) is 4.97. The standard InChI is InChI=1S/C19H11ClF3NO6S2/c20-11-3-1-8(5-10(11)19(21,22)23)13-4-2-9(30-13)6-14-16(27)24(18(31)32-14)12(17(28)29)7-15(25)26/h1-6,12H,7H2,(H,25,26)(H,28,29)/b14-6-/t12-/m1/s1. The summed E-state index contributed by atoms with van der Waals surface area (Å²) in [6.45, 7) is 0. The van der Waals surface area contributed by atoms with E-state index in [0.29, 0.717) is 4.90 Å². The van der Waals surface area contributed by atoms with Crippen LogP contribution >= 0.6 is 35.6 Å². The van der Waals surface area contributed by atoms with E-state index in [-0.39, 0.29) is 26.3 Å². The molecule has 0 aliphatic carbocycles. The number of thiocarbonyl (C=S) groups is 1. The summed E-state index contributed by atoms with van der Waals surface area (Å²) in [4.78, 5) is 35.6. The molecule has 0 bridgehead atoms. The van der Waals surface area contributed by atoms with Gasteiger partial charge in [0.2, 0.25) is 0 Å². The van der Waals surface area contributed by atoms with Gasteiger partial charge < -0.3 is 14.6 Å². The van der Waals surface area contributed by atoms with Crippen LogP contribution in [0.2, 0.25) is 5.02 Å². The van der Waals surface area contributed by atoms with E-state index in [0.717, 1.165) is 23.9 Å². The van der Waals surface area contributed by atoms with Crippen molar-refractivity contribution in [2.75, 3.05) is 0 Å². The fraction of sp³-hybridized carbons (Fsp3) is 0.158. The Balaban J connectivity index is 1.89. The van der Waals surface area contributed by atoms with Crippen molar-refractivity contribution < 1.29 is 42.2 Å². The molecule has 3 rings (SSSR count). The topological polar surface area (TPSA) is 108 Å². The number of carbonyl (C=O) groups excluding carboxylic acids is 1. The van der Waals surface area contributed by atoms with E-state index in [9.17, 15) is 32.7 Å². The van der Waals surface area contributed by atoms with E-state index in [1.807, 2.05) is 0 Å². The molecule has 0 saturated carbocycles. The molecule has 13 heteroatoms. The van der Waals surface area contributed by atoms with Crippen LogP contribution in [0.3, 0.4) is 0 Å². The second kappa shape index (κ2) is 8.96. The summed E-state index contributed by atoms with van der Waals surface area (Å²) in [5.41, 5.74) is -0.935. The number of aliphatic carboxylic acids is 2. The molecule has 1 fully saturated rings. The summed E-state index contributed by atoms with van der Waals surface area (Å²) < 4.78 is 44.6. The van der Waals surface area contributed by atoms with Gasteiger partial charge in [-0.15, -0.1) is 0 Å². The lowest BCUT2D eigenvalue weighted by Gasteiger charge is -2.21. The van der Waals surface area contributed by atoms with Crippen LogP contribution in [0, 0.1) is 0 Å². The second-order valence-corrected chi connectivity index (χ2v) is 8.48. The van der Waals surface area contributed by atoms with Crippen molar-refractivity contribution >= 4 is 63.8 Å². The Hall–Kier alpha value is -2.83. The average molecular weight is 506 g/mol. The number of hydrogen-bond acceptors (Lipinski definition) is 6. The van der Waals surface area contributed by atoms with Gasteiger partial charge in [0.25, 0.3) is 5.91 Å². The van der Waals surface area contributed by atoms with Crippen molar-refractivity contribution in [3.63, 3.8) is 0 Å². The molecule has 32 heavy (non-hydrogen) atoms. The molecule has 168 valence electrons. The van der Waals surface area contributed by atoms with Gasteiger partial charge >= 0.3 is 18.1 Å². The number of alkyl halides is 3. The van der Waals surface area contributed by atoms with E-state index < -0.39 is 47.1 Å². The maximum absolute atomic E-state index is 13.1. The molecule has 7 nitrogen and oxygen atoms in total. The first-order chi connectivity index (χ1) is 14.9. The van der Waals surface area contributed by atoms with Crippen LogP contribution in [0.1, 0.15) is 17.7 Å². The molecule has 0 radical (unpaired) electrons. The van der Waals surface area contributed by atoms with Crippen LogP contribution in [0.25, 0.3) is 17.4 Å². The Kier molecular flexibility index (Phi) is 6.67. The number of furan rings is 1. The number of carbonyl (C=O) groups is 3. The number of halogens is 4. The van der Waals surface area contributed by atoms with Crippen LogP contribution in [-0.2, 0) is 20.6 Å². The van der Waals surface area contributed by atoms with E-state index in [1.165, 1.54) is 24.3 Å². The zero-order chi connectivity index (χ0) is 23.8. The summed E-state index contributed by atoms with van der Waals surface area (Å²) >= 11 is 11.4. The first-order valence-corrected chi connectivity index (χ1v) is 10.2. The van der Waals surface area contributed by atoms with Gasteiger partial charge in [0.1, 0.15) is 21.9 Å². The molecule has 1 amide bonds. The lowest BCUT2D eigenvalue weighted by molar-refractivity contribution is -0.150. The number of nitrogens with zero attached hydrogens (tertiary/aromatic N) is 1. The van der Waals surface area contributed by atoms with Gasteiger partial charge in [-0.1, -0.05) is 35.6 Å². The Labute approximate surface area is 192 Å². The van der Waals surface area contributed by atoms with Crippen LogP contribution < -0.4 is 0 Å². The fourth-order valence-corrected chi connectivity index (χ4v) is 4.38. The molecular weight excluding hydrogens is 495 g/mol. The number of thioether (sulfide) groups is 1. The van der Waals surface area contributed by atoms with Gasteiger partial charge in [0.15, 0.2) is 0 Å². The highest BCUT2D eigenvalue weighted by atomic mass is 35.5. The number of amides is 1. The second-order valence-electron chi connectivity index (χ2n) is 6.40. The number of carboxylic acid groups (broad SMARTS) is 2. The van der Waals surface area contributed by atoms with E-state index in [2.05, 4.69) is 0 Å². The number of carboxylic acids is 2. The maximum atomic E-state index is 13.1. The van der Waals surface area contributed by atoms with Gasteiger partial charge in [-0.25, -0.2) is 4.79 Å². The van der Waals surface area contributed by atoms with Crippen molar-refractivity contribution in [2.45, 2.75) is 18.6 Å². The van der Waals surface area contributed by atoms with Crippen molar-refractivity contribution in [3.05, 3.63) is 51.6 Å². The third-order valence-corrected chi connectivity index (χ3v) is 5.90. The Morgan fingerprint density at radius 1 is 1.25 bits per heavy atom.